The molecular formula is C15H20ClN3O2S2. The predicted octanol–water partition coefficient (Wildman–Crippen LogP) is 2.70. The first-order valence-electron chi connectivity index (χ1n) is 7.19. The van der Waals surface area contributed by atoms with Crippen molar-refractivity contribution in [3.8, 4) is 10.6 Å². The molecule has 126 valence electrons. The van der Waals surface area contributed by atoms with Gasteiger partial charge in [0.15, 0.2) is 0 Å². The molecule has 1 aliphatic carbocycles. The Balaban J connectivity index is 0.00000192. The smallest absolute Gasteiger partial charge is 0.240 e. The zero-order valence-electron chi connectivity index (χ0n) is 12.8. The first-order chi connectivity index (χ1) is 10.4. The number of benzene rings is 1. The second-order valence-corrected chi connectivity index (χ2v) is 8.49. The van der Waals surface area contributed by atoms with Gasteiger partial charge in [0.1, 0.15) is 5.01 Å². The standard InChI is InChI=1S/C15H19N3O2S2.ClH/c1-11-9-21-14(18-11)12-4-2-5-13(8-12)22(19,20)17-10-15(16)6-3-7-15;/h2,4-5,8-9,17H,3,6-7,10,16H2,1H3;1H. The van der Waals surface area contributed by atoms with Gasteiger partial charge < -0.3 is 5.73 Å². The normalized spacial score (nSPS) is 16.4. The van der Waals surface area contributed by atoms with Crippen molar-refractivity contribution in [2.75, 3.05) is 6.54 Å². The van der Waals surface area contributed by atoms with Gasteiger partial charge in [-0.1, -0.05) is 12.1 Å². The Kier molecular flexibility index (Phi) is 5.48. The summed E-state index contributed by atoms with van der Waals surface area (Å²) >= 11 is 1.51. The summed E-state index contributed by atoms with van der Waals surface area (Å²) in [4.78, 5) is 4.65. The van der Waals surface area contributed by atoms with Crippen LogP contribution in [0.2, 0.25) is 0 Å². The fourth-order valence-corrected chi connectivity index (χ4v) is 4.39. The third-order valence-corrected chi connectivity index (χ3v) is 6.38. The van der Waals surface area contributed by atoms with E-state index in [2.05, 4.69) is 9.71 Å². The van der Waals surface area contributed by atoms with Gasteiger partial charge in [-0.15, -0.1) is 23.7 Å². The first kappa shape index (κ1) is 18.4. The van der Waals surface area contributed by atoms with E-state index in [0.29, 0.717) is 0 Å². The van der Waals surface area contributed by atoms with E-state index in [9.17, 15) is 8.42 Å². The Morgan fingerprint density at radius 1 is 1.39 bits per heavy atom. The van der Waals surface area contributed by atoms with E-state index in [0.717, 1.165) is 35.5 Å². The molecule has 0 atom stereocenters. The van der Waals surface area contributed by atoms with Crippen LogP contribution in [-0.4, -0.2) is 25.5 Å². The van der Waals surface area contributed by atoms with Gasteiger partial charge in [-0.25, -0.2) is 18.1 Å². The molecule has 0 bridgehead atoms. The minimum Gasteiger partial charge on any atom is -0.324 e. The van der Waals surface area contributed by atoms with E-state index in [1.807, 2.05) is 18.4 Å². The Bertz CT molecular complexity index is 786. The molecule has 0 spiro atoms. The van der Waals surface area contributed by atoms with Crippen molar-refractivity contribution in [1.82, 2.24) is 9.71 Å². The molecule has 1 saturated carbocycles. The minimum absolute atomic E-state index is 0. The van der Waals surface area contributed by atoms with Gasteiger partial charge in [0.25, 0.3) is 0 Å². The molecule has 1 heterocycles. The second kappa shape index (κ2) is 6.86. The number of rotatable bonds is 5. The third-order valence-electron chi connectivity index (χ3n) is 3.97. The average Bonchev–Trinajstić information content (AvgIpc) is 2.90. The Hall–Kier alpha value is -0.990. The van der Waals surface area contributed by atoms with Gasteiger partial charge in [0, 0.05) is 28.7 Å². The Morgan fingerprint density at radius 3 is 2.70 bits per heavy atom. The molecule has 0 unspecified atom stereocenters. The van der Waals surface area contributed by atoms with Crippen LogP contribution < -0.4 is 10.5 Å². The van der Waals surface area contributed by atoms with Crippen LogP contribution in [0, 0.1) is 6.92 Å². The summed E-state index contributed by atoms with van der Waals surface area (Å²) in [5.41, 5.74) is 7.44. The maximum atomic E-state index is 12.4. The maximum absolute atomic E-state index is 12.4. The SMILES string of the molecule is Cc1csc(-c2cccc(S(=O)(=O)NCC3(N)CCC3)c2)n1.Cl. The Labute approximate surface area is 146 Å². The number of hydrogen-bond donors (Lipinski definition) is 2. The molecule has 23 heavy (non-hydrogen) atoms. The summed E-state index contributed by atoms with van der Waals surface area (Å²) in [5, 5.41) is 2.77. The number of thiazole rings is 1. The predicted molar refractivity (Wildman–Crippen MR) is 95.5 cm³/mol. The van der Waals surface area contributed by atoms with Crippen molar-refractivity contribution < 1.29 is 8.42 Å². The van der Waals surface area contributed by atoms with Gasteiger partial charge in [-0.2, -0.15) is 0 Å². The molecule has 0 aliphatic heterocycles. The number of hydrogen-bond acceptors (Lipinski definition) is 5. The summed E-state index contributed by atoms with van der Waals surface area (Å²) in [6, 6.07) is 6.86. The minimum atomic E-state index is -3.55. The van der Waals surface area contributed by atoms with Gasteiger partial charge in [-0.3, -0.25) is 0 Å². The monoisotopic (exact) mass is 373 g/mol. The highest BCUT2D eigenvalue weighted by molar-refractivity contribution is 7.89. The van der Waals surface area contributed by atoms with Crippen LogP contribution in [0.3, 0.4) is 0 Å². The lowest BCUT2D eigenvalue weighted by molar-refractivity contribution is 0.251. The molecule has 3 rings (SSSR count). The van der Waals surface area contributed by atoms with Crippen LogP contribution in [0.5, 0.6) is 0 Å². The van der Waals surface area contributed by atoms with Crippen molar-refractivity contribution in [2.24, 2.45) is 5.73 Å². The summed E-state index contributed by atoms with van der Waals surface area (Å²) in [7, 11) is -3.55. The number of nitrogens with one attached hydrogen (secondary N) is 1. The number of nitrogens with two attached hydrogens (primary N) is 1. The van der Waals surface area contributed by atoms with Crippen molar-refractivity contribution in [1.29, 1.82) is 0 Å². The molecule has 1 fully saturated rings. The average molecular weight is 374 g/mol. The van der Waals surface area contributed by atoms with Crippen LogP contribution in [0.1, 0.15) is 25.0 Å². The highest BCUT2D eigenvalue weighted by Crippen LogP contribution is 2.29. The van der Waals surface area contributed by atoms with Gasteiger partial charge >= 0.3 is 0 Å². The van der Waals surface area contributed by atoms with Gasteiger partial charge in [0.2, 0.25) is 10.0 Å². The van der Waals surface area contributed by atoms with E-state index in [-0.39, 0.29) is 29.4 Å². The van der Waals surface area contributed by atoms with Crippen molar-refractivity contribution in [3.63, 3.8) is 0 Å². The van der Waals surface area contributed by atoms with E-state index in [1.165, 1.54) is 11.3 Å². The zero-order chi connectivity index (χ0) is 15.8. The summed E-state index contributed by atoms with van der Waals surface area (Å²) in [5.74, 6) is 0. The lowest BCUT2D eigenvalue weighted by Crippen LogP contribution is -2.54. The summed E-state index contributed by atoms with van der Waals surface area (Å²) in [6.07, 6.45) is 2.80. The van der Waals surface area contributed by atoms with Crippen LogP contribution in [0.25, 0.3) is 10.6 Å². The third kappa shape index (κ3) is 4.10. The van der Waals surface area contributed by atoms with Crippen LogP contribution >= 0.6 is 23.7 Å². The van der Waals surface area contributed by atoms with Crippen molar-refractivity contribution >= 4 is 33.8 Å². The molecule has 0 radical (unpaired) electrons. The molecular weight excluding hydrogens is 354 g/mol. The molecule has 1 aromatic heterocycles. The molecule has 0 saturated heterocycles. The van der Waals surface area contributed by atoms with Crippen LogP contribution in [-0.2, 0) is 10.0 Å². The van der Waals surface area contributed by atoms with Crippen LogP contribution in [0.15, 0.2) is 34.5 Å². The maximum Gasteiger partial charge on any atom is 0.240 e. The van der Waals surface area contributed by atoms with Crippen molar-refractivity contribution in [2.45, 2.75) is 36.6 Å². The lowest BCUT2D eigenvalue weighted by atomic mass is 9.78. The number of nitrogens with zero attached hydrogens (tertiary/aromatic N) is 1. The summed E-state index contributed by atoms with van der Waals surface area (Å²) < 4.78 is 27.5. The molecule has 1 aliphatic rings. The van der Waals surface area contributed by atoms with E-state index in [1.54, 1.807) is 18.2 Å². The fraction of sp³-hybridized carbons (Fsp3) is 0.400. The molecule has 3 N–H and O–H groups in total. The molecule has 2 aromatic rings. The van der Waals surface area contributed by atoms with E-state index in [4.69, 9.17) is 5.73 Å². The Morgan fingerprint density at radius 2 is 2.13 bits per heavy atom. The van der Waals surface area contributed by atoms with Crippen molar-refractivity contribution in [3.05, 3.63) is 35.3 Å². The highest BCUT2D eigenvalue weighted by Gasteiger charge is 2.33. The molecule has 0 amide bonds. The van der Waals surface area contributed by atoms with Gasteiger partial charge in [-0.05, 0) is 38.3 Å². The quantitative estimate of drug-likeness (QED) is 0.843. The zero-order valence-corrected chi connectivity index (χ0v) is 15.2. The second-order valence-electron chi connectivity index (χ2n) is 5.86. The number of halogens is 1. The topological polar surface area (TPSA) is 85.1 Å². The molecule has 5 nitrogen and oxygen atoms in total. The number of aromatic nitrogens is 1. The van der Waals surface area contributed by atoms with E-state index >= 15 is 0 Å². The molecule has 1 aromatic carbocycles. The lowest BCUT2D eigenvalue weighted by Gasteiger charge is -2.38. The van der Waals surface area contributed by atoms with Crippen LogP contribution in [0.4, 0.5) is 0 Å². The number of sulfonamides is 1. The largest absolute Gasteiger partial charge is 0.324 e. The molecule has 8 heteroatoms. The van der Waals surface area contributed by atoms with E-state index < -0.39 is 10.0 Å². The summed E-state index contributed by atoms with van der Waals surface area (Å²) in [6.45, 7) is 2.21. The highest BCUT2D eigenvalue weighted by atomic mass is 35.5. The fourth-order valence-electron chi connectivity index (χ4n) is 2.41. The first-order valence-corrected chi connectivity index (χ1v) is 9.55. The van der Waals surface area contributed by atoms with Gasteiger partial charge in [0.05, 0.1) is 4.90 Å². The number of aryl methyl sites for hydroxylation is 1.